The zero-order valence-corrected chi connectivity index (χ0v) is 11.2. The molecule has 6 nitrogen and oxygen atoms in total. The molecule has 0 aliphatic heterocycles. The molecule has 0 fully saturated rings. The van der Waals surface area contributed by atoms with Crippen LogP contribution >= 0.6 is 12.2 Å². The molecule has 0 aliphatic rings. The van der Waals surface area contributed by atoms with Crippen molar-refractivity contribution in [1.29, 1.82) is 0 Å². The first-order chi connectivity index (χ1) is 7.83. The van der Waals surface area contributed by atoms with Gasteiger partial charge in [0, 0.05) is 6.20 Å². The smallest absolute Gasteiger partial charge is 0.221 e. The summed E-state index contributed by atoms with van der Waals surface area (Å²) in [6.45, 7) is 3.31. The van der Waals surface area contributed by atoms with Gasteiger partial charge in [-0.2, -0.15) is 0 Å². The van der Waals surface area contributed by atoms with Crippen molar-refractivity contribution in [3.63, 3.8) is 0 Å². The van der Waals surface area contributed by atoms with Crippen molar-refractivity contribution in [3.8, 4) is 0 Å². The van der Waals surface area contributed by atoms with Crippen molar-refractivity contribution in [2.24, 2.45) is 5.73 Å². The summed E-state index contributed by atoms with van der Waals surface area (Å²) in [7, 11) is -3.55. The van der Waals surface area contributed by atoms with E-state index >= 15 is 0 Å². The number of aromatic nitrogens is 2. The minimum Gasteiger partial charge on any atom is -0.392 e. The zero-order chi connectivity index (χ0) is 13.1. The standard InChI is InChI=1S/C9H14N4O2S2/c1-6-3-12-8(4-11-6)5-13-17(14,15)7(2)9(10)16/h3-4,7,13H,5H2,1-2H3,(H2,10,16). The summed E-state index contributed by atoms with van der Waals surface area (Å²) in [6, 6.07) is 0. The summed E-state index contributed by atoms with van der Waals surface area (Å²) in [4.78, 5) is 7.98. The van der Waals surface area contributed by atoms with Gasteiger partial charge in [0.25, 0.3) is 0 Å². The first-order valence-electron chi connectivity index (χ1n) is 4.88. The van der Waals surface area contributed by atoms with Crippen LogP contribution in [-0.2, 0) is 16.6 Å². The maximum Gasteiger partial charge on any atom is 0.221 e. The Morgan fingerprint density at radius 3 is 2.65 bits per heavy atom. The average Bonchev–Trinajstić information content (AvgIpc) is 2.27. The van der Waals surface area contributed by atoms with Crippen molar-refractivity contribution in [2.45, 2.75) is 25.6 Å². The molecular formula is C9H14N4O2S2. The minimum absolute atomic E-state index is 0.0625. The Hall–Kier alpha value is -1.12. The molecule has 1 heterocycles. The van der Waals surface area contributed by atoms with Gasteiger partial charge in [-0.1, -0.05) is 12.2 Å². The fourth-order valence-electron chi connectivity index (χ4n) is 0.963. The van der Waals surface area contributed by atoms with E-state index in [0.29, 0.717) is 5.69 Å². The lowest BCUT2D eigenvalue weighted by Crippen LogP contribution is -2.39. The molecule has 1 rings (SSSR count). The van der Waals surface area contributed by atoms with Gasteiger partial charge in [0.1, 0.15) is 5.25 Å². The molecule has 0 saturated heterocycles. The van der Waals surface area contributed by atoms with Gasteiger partial charge in [-0.15, -0.1) is 0 Å². The van der Waals surface area contributed by atoms with E-state index < -0.39 is 15.3 Å². The van der Waals surface area contributed by atoms with E-state index in [9.17, 15) is 8.42 Å². The second kappa shape index (κ2) is 5.48. The summed E-state index contributed by atoms with van der Waals surface area (Å²) < 4.78 is 25.7. The molecule has 1 atom stereocenters. The molecule has 0 spiro atoms. The van der Waals surface area contributed by atoms with E-state index in [4.69, 9.17) is 5.73 Å². The number of rotatable bonds is 5. The number of nitrogens with two attached hydrogens (primary N) is 1. The molecule has 0 radical (unpaired) electrons. The highest BCUT2D eigenvalue weighted by atomic mass is 32.2. The topological polar surface area (TPSA) is 98.0 Å². The highest BCUT2D eigenvalue weighted by Gasteiger charge is 2.22. The Labute approximate surface area is 106 Å². The molecule has 1 aromatic rings. The van der Waals surface area contributed by atoms with Crippen molar-refractivity contribution in [3.05, 3.63) is 23.8 Å². The van der Waals surface area contributed by atoms with Gasteiger partial charge in [-0.3, -0.25) is 9.97 Å². The molecule has 94 valence electrons. The summed E-state index contributed by atoms with van der Waals surface area (Å²) >= 11 is 4.64. The number of sulfonamides is 1. The van der Waals surface area contributed by atoms with E-state index in [1.165, 1.54) is 13.1 Å². The Morgan fingerprint density at radius 2 is 2.18 bits per heavy atom. The predicted octanol–water partition coefficient (Wildman–Crippen LogP) is -0.121. The highest BCUT2D eigenvalue weighted by molar-refractivity contribution is 7.93. The highest BCUT2D eigenvalue weighted by Crippen LogP contribution is 2.01. The van der Waals surface area contributed by atoms with Crippen LogP contribution in [0.15, 0.2) is 12.4 Å². The molecule has 0 aliphatic carbocycles. The van der Waals surface area contributed by atoms with Gasteiger partial charge in [0.2, 0.25) is 10.0 Å². The molecule has 0 amide bonds. The third-order valence-electron chi connectivity index (χ3n) is 2.16. The number of thiocarbonyl (C=S) groups is 1. The normalized spacial score (nSPS) is 13.3. The number of nitrogens with one attached hydrogen (secondary N) is 1. The summed E-state index contributed by atoms with van der Waals surface area (Å²) in [5.41, 5.74) is 6.60. The van der Waals surface area contributed by atoms with Crippen LogP contribution in [0.1, 0.15) is 18.3 Å². The lowest BCUT2D eigenvalue weighted by atomic mass is 10.4. The first kappa shape index (κ1) is 13.9. The van der Waals surface area contributed by atoms with Crippen LogP contribution in [0.25, 0.3) is 0 Å². The number of aryl methyl sites for hydroxylation is 1. The van der Waals surface area contributed by atoms with Crippen molar-refractivity contribution >= 4 is 27.2 Å². The largest absolute Gasteiger partial charge is 0.392 e. The van der Waals surface area contributed by atoms with Crippen molar-refractivity contribution in [1.82, 2.24) is 14.7 Å². The first-order valence-corrected chi connectivity index (χ1v) is 6.83. The van der Waals surface area contributed by atoms with Crippen LogP contribution in [0.5, 0.6) is 0 Å². The fourth-order valence-corrected chi connectivity index (χ4v) is 2.25. The average molecular weight is 274 g/mol. The summed E-state index contributed by atoms with van der Waals surface area (Å²) in [5, 5.41) is -0.907. The Morgan fingerprint density at radius 1 is 1.53 bits per heavy atom. The Bertz CT molecular complexity index is 498. The fraction of sp³-hybridized carbons (Fsp3) is 0.444. The minimum atomic E-state index is -3.55. The Balaban J connectivity index is 2.68. The number of hydrogen-bond donors (Lipinski definition) is 2. The van der Waals surface area contributed by atoms with Crippen LogP contribution in [0.3, 0.4) is 0 Å². The van der Waals surface area contributed by atoms with E-state index in [1.807, 2.05) is 0 Å². The lowest BCUT2D eigenvalue weighted by Gasteiger charge is -2.11. The Kier molecular flexibility index (Phi) is 4.49. The third-order valence-corrected chi connectivity index (χ3v) is 4.39. The van der Waals surface area contributed by atoms with E-state index in [0.717, 1.165) is 5.69 Å². The lowest BCUT2D eigenvalue weighted by molar-refractivity contribution is 0.577. The SMILES string of the molecule is Cc1cnc(CNS(=O)(=O)C(C)C(N)=S)cn1. The zero-order valence-electron chi connectivity index (χ0n) is 9.54. The third kappa shape index (κ3) is 3.99. The number of nitrogens with zero attached hydrogens (tertiary/aromatic N) is 2. The molecule has 0 saturated carbocycles. The van der Waals surface area contributed by atoms with Crippen molar-refractivity contribution in [2.75, 3.05) is 0 Å². The number of hydrogen-bond acceptors (Lipinski definition) is 5. The molecule has 3 N–H and O–H groups in total. The van der Waals surface area contributed by atoms with E-state index in [-0.39, 0.29) is 11.5 Å². The van der Waals surface area contributed by atoms with Gasteiger partial charge >= 0.3 is 0 Å². The molecule has 8 heteroatoms. The van der Waals surface area contributed by atoms with Crippen LogP contribution < -0.4 is 10.5 Å². The van der Waals surface area contributed by atoms with Crippen LogP contribution in [-0.4, -0.2) is 28.6 Å². The van der Waals surface area contributed by atoms with Crippen LogP contribution in [0, 0.1) is 6.92 Å². The summed E-state index contributed by atoms with van der Waals surface area (Å²) in [6.07, 6.45) is 3.09. The quantitative estimate of drug-likeness (QED) is 0.726. The molecule has 0 aromatic carbocycles. The maximum absolute atomic E-state index is 11.7. The van der Waals surface area contributed by atoms with Crippen LogP contribution in [0.4, 0.5) is 0 Å². The summed E-state index contributed by atoms with van der Waals surface area (Å²) in [5.74, 6) is 0. The van der Waals surface area contributed by atoms with E-state index in [1.54, 1.807) is 13.1 Å². The predicted molar refractivity (Wildman–Crippen MR) is 68.8 cm³/mol. The van der Waals surface area contributed by atoms with Gasteiger partial charge in [0.15, 0.2) is 0 Å². The van der Waals surface area contributed by atoms with Crippen LogP contribution in [0.2, 0.25) is 0 Å². The molecule has 1 aromatic heterocycles. The van der Waals surface area contributed by atoms with Gasteiger partial charge in [0.05, 0.1) is 29.1 Å². The second-order valence-electron chi connectivity index (χ2n) is 3.56. The molecule has 17 heavy (non-hydrogen) atoms. The van der Waals surface area contributed by atoms with Gasteiger partial charge in [-0.05, 0) is 13.8 Å². The monoisotopic (exact) mass is 274 g/mol. The molecule has 1 unspecified atom stereocenters. The molecule has 0 bridgehead atoms. The van der Waals surface area contributed by atoms with Gasteiger partial charge < -0.3 is 5.73 Å². The van der Waals surface area contributed by atoms with E-state index in [2.05, 4.69) is 26.9 Å². The van der Waals surface area contributed by atoms with Crippen molar-refractivity contribution < 1.29 is 8.42 Å². The molecular weight excluding hydrogens is 260 g/mol. The second-order valence-corrected chi connectivity index (χ2v) is 6.12. The van der Waals surface area contributed by atoms with Gasteiger partial charge in [-0.25, -0.2) is 13.1 Å². The maximum atomic E-state index is 11.7.